The fourth-order valence-corrected chi connectivity index (χ4v) is 2.54. The zero-order chi connectivity index (χ0) is 16.4. The Balaban J connectivity index is 1.82. The summed E-state index contributed by atoms with van der Waals surface area (Å²) in [6, 6.07) is 9.14. The molecule has 6 nitrogen and oxygen atoms in total. The maximum atomic E-state index is 12.4. The van der Waals surface area contributed by atoms with Gasteiger partial charge in [-0.15, -0.1) is 0 Å². The summed E-state index contributed by atoms with van der Waals surface area (Å²) in [7, 11) is 0. The van der Waals surface area contributed by atoms with Crippen molar-refractivity contribution < 1.29 is 4.79 Å². The van der Waals surface area contributed by atoms with Gasteiger partial charge in [-0.1, -0.05) is 23.7 Å². The van der Waals surface area contributed by atoms with Crippen LogP contribution in [0.2, 0.25) is 5.02 Å². The van der Waals surface area contributed by atoms with Gasteiger partial charge in [-0.3, -0.25) is 9.48 Å². The molecular weight excluding hydrogens is 314 g/mol. The molecule has 2 heterocycles. The molecule has 0 aliphatic carbocycles. The van der Waals surface area contributed by atoms with Crippen molar-refractivity contribution in [1.82, 2.24) is 19.6 Å². The summed E-state index contributed by atoms with van der Waals surface area (Å²) in [5.74, 6) is -0.217. The lowest BCUT2D eigenvalue weighted by Gasteiger charge is -2.05. The van der Waals surface area contributed by atoms with E-state index in [4.69, 9.17) is 11.6 Å². The molecule has 1 N–H and O–H groups in total. The average molecular weight is 330 g/mol. The number of nitrogens with zero attached hydrogens (tertiary/aromatic N) is 4. The minimum Gasteiger partial charge on any atom is -0.318 e. The van der Waals surface area contributed by atoms with E-state index in [2.05, 4.69) is 15.5 Å². The molecule has 2 aromatic heterocycles. The molecule has 0 spiro atoms. The van der Waals surface area contributed by atoms with Gasteiger partial charge in [-0.2, -0.15) is 10.2 Å². The Morgan fingerprint density at radius 1 is 1.35 bits per heavy atom. The fraction of sp³-hybridized carbons (Fsp3) is 0.188. The molecule has 23 heavy (non-hydrogen) atoms. The molecule has 3 aromatic rings. The molecule has 0 aliphatic heterocycles. The number of hydrogen-bond acceptors (Lipinski definition) is 3. The van der Waals surface area contributed by atoms with E-state index in [-0.39, 0.29) is 5.91 Å². The Hall–Kier alpha value is -2.60. The molecule has 0 aliphatic rings. The number of carbonyl (C=O) groups is 1. The van der Waals surface area contributed by atoms with Crippen LogP contribution in [0.15, 0.2) is 42.7 Å². The molecule has 3 rings (SSSR count). The molecular formula is C16H16ClN5O. The summed E-state index contributed by atoms with van der Waals surface area (Å²) < 4.78 is 3.30. The number of benzene rings is 1. The third-order valence-corrected chi connectivity index (χ3v) is 3.69. The summed E-state index contributed by atoms with van der Waals surface area (Å²) in [5, 5.41) is 11.9. The first-order valence-electron chi connectivity index (χ1n) is 7.24. The number of anilines is 1. The van der Waals surface area contributed by atoms with Crippen molar-refractivity contribution in [3.63, 3.8) is 0 Å². The number of aromatic nitrogens is 4. The summed E-state index contributed by atoms with van der Waals surface area (Å²) >= 11 is 6.15. The van der Waals surface area contributed by atoms with Gasteiger partial charge < -0.3 is 5.32 Å². The van der Waals surface area contributed by atoms with E-state index >= 15 is 0 Å². The molecule has 0 saturated carbocycles. The first-order chi connectivity index (χ1) is 11.1. The van der Waals surface area contributed by atoms with Crippen LogP contribution in [0.3, 0.4) is 0 Å². The summed E-state index contributed by atoms with van der Waals surface area (Å²) in [6.45, 7) is 4.44. The van der Waals surface area contributed by atoms with Gasteiger partial charge in [-0.05, 0) is 32.0 Å². The second-order valence-electron chi connectivity index (χ2n) is 5.07. The lowest BCUT2D eigenvalue weighted by atomic mass is 10.3. The van der Waals surface area contributed by atoms with Crippen LogP contribution >= 0.6 is 11.6 Å². The predicted octanol–water partition coefficient (Wildman–Crippen LogP) is 3.30. The minimum absolute atomic E-state index is 0.217. The second-order valence-corrected chi connectivity index (χ2v) is 5.47. The first-order valence-corrected chi connectivity index (χ1v) is 7.61. The van der Waals surface area contributed by atoms with E-state index in [1.807, 2.05) is 32.0 Å². The van der Waals surface area contributed by atoms with Gasteiger partial charge in [-0.25, -0.2) is 4.68 Å². The molecule has 118 valence electrons. The minimum atomic E-state index is -0.217. The number of para-hydroxylation sites is 1. The highest BCUT2D eigenvalue weighted by molar-refractivity contribution is 6.32. The van der Waals surface area contributed by atoms with Gasteiger partial charge in [0.25, 0.3) is 5.91 Å². The number of aryl methyl sites for hydroxylation is 2. The SMILES string of the molecule is CCn1nc(C)cc1C(=O)Nc1cnn(-c2ccccc2Cl)c1. The average Bonchev–Trinajstić information content (AvgIpc) is 3.14. The van der Waals surface area contributed by atoms with E-state index in [0.717, 1.165) is 11.4 Å². The monoisotopic (exact) mass is 329 g/mol. The molecule has 0 atom stereocenters. The van der Waals surface area contributed by atoms with Crippen LogP contribution in [-0.4, -0.2) is 25.5 Å². The largest absolute Gasteiger partial charge is 0.318 e. The fourth-order valence-electron chi connectivity index (χ4n) is 2.32. The quantitative estimate of drug-likeness (QED) is 0.798. The highest BCUT2D eigenvalue weighted by Crippen LogP contribution is 2.20. The smallest absolute Gasteiger partial charge is 0.274 e. The van der Waals surface area contributed by atoms with Crippen molar-refractivity contribution in [2.75, 3.05) is 5.32 Å². The van der Waals surface area contributed by atoms with Crippen LogP contribution in [0.5, 0.6) is 0 Å². The van der Waals surface area contributed by atoms with Gasteiger partial charge in [0.15, 0.2) is 0 Å². The van der Waals surface area contributed by atoms with Crippen LogP contribution < -0.4 is 5.32 Å². The van der Waals surface area contributed by atoms with Gasteiger partial charge >= 0.3 is 0 Å². The van der Waals surface area contributed by atoms with Crippen molar-refractivity contribution in [3.8, 4) is 5.69 Å². The molecule has 7 heteroatoms. The third-order valence-electron chi connectivity index (χ3n) is 3.37. The number of carbonyl (C=O) groups excluding carboxylic acids is 1. The van der Waals surface area contributed by atoms with Gasteiger partial charge in [0.1, 0.15) is 5.69 Å². The van der Waals surface area contributed by atoms with Crippen LogP contribution in [0.25, 0.3) is 5.69 Å². The number of hydrogen-bond donors (Lipinski definition) is 1. The topological polar surface area (TPSA) is 64.7 Å². The summed E-state index contributed by atoms with van der Waals surface area (Å²) in [6.07, 6.45) is 3.30. The first kappa shape index (κ1) is 15.3. The standard InChI is InChI=1S/C16H16ClN5O/c1-3-21-15(8-11(2)20-21)16(23)19-12-9-18-22(10-12)14-7-5-4-6-13(14)17/h4-10H,3H2,1-2H3,(H,19,23). The van der Waals surface area contributed by atoms with Crippen LogP contribution in [0.4, 0.5) is 5.69 Å². The van der Waals surface area contributed by atoms with E-state index in [0.29, 0.717) is 22.9 Å². The maximum Gasteiger partial charge on any atom is 0.274 e. The zero-order valence-electron chi connectivity index (χ0n) is 12.8. The Kier molecular flexibility index (Phi) is 4.16. The Morgan fingerprint density at radius 3 is 2.87 bits per heavy atom. The normalized spacial score (nSPS) is 10.7. The van der Waals surface area contributed by atoms with Crippen molar-refractivity contribution in [2.24, 2.45) is 0 Å². The van der Waals surface area contributed by atoms with E-state index in [1.165, 1.54) is 0 Å². The lowest BCUT2D eigenvalue weighted by molar-refractivity contribution is 0.101. The summed E-state index contributed by atoms with van der Waals surface area (Å²) in [4.78, 5) is 12.4. The molecule has 0 unspecified atom stereocenters. The molecule has 0 fully saturated rings. The van der Waals surface area contributed by atoms with Crippen LogP contribution in [0, 0.1) is 6.92 Å². The predicted molar refractivity (Wildman–Crippen MR) is 89.2 cm³/mol. The van der Waals surface area contributed by atoms with E-state index in [1.54, 1.807) is 33.9 Å². The number of halogens is 1. The molecule has 1 aromatic carbocycles. The maximum absolute atomic E-state index is 12.4. The third kappa shape index (κ3) is 3.12. The lowest BCUT2D eigenvalue weighted by Crippen LogP contribution is -2.17. The van der Waals surface area contributed by atoms with Crippen molar-refractivity contribution in [1.29, 1.82) is 0 Å². The molecule has 1 amide bonds. The van der Waals surface area contributed by atoms with Crippen LogP contribution in [0.1, 0.15) is 23.1 Å². The van der Waals surface area contributed by atoms with Crippen molar-refractivity contribution >= 4 is 23.2 Å². The second kappa shape index (κ2) is 6.26. The molecule has 0 saturated heterocycles. The molecule has 0 radical (unpaired) electrons. The van der Waals surface area contributed by atoms with Gasteiger partial charge in [0.2, 0.25) is 0 Å². The van der Waals surface area contributed by atoms with Gasteiger partial charge in [0.05, 0.1) is 34.5 Å². The van der Waals surface area contributed by atoms with Crippen LogP contribution in [-0.2, 0) is 6.54 Å². The molecule has 0 bridgehead atoms. The number of amides is 1. The van der Waals surface area contributed by atoms with Crippen molar-refractivity contribution in [2.45, 2.75) is 20.4 Å². The Bertz CT molecular complexity index is 852. The van der Waals surface area contributed by atoms with Crippen molar-refractivity contribution in [3.05, 3.63) is 59.1 Å². The highest BCUT2D eigenvalue weighted by Gasteiger charge is 2.14. The number of rotatable bonds is 4. The Labute approximate surface area is 138 Å². The number of nitrogens with one attached hydrogen (secondary N) is 1. The zero-order valence-corrected chi connectivity index (χ0v) is 13.6. The summed E-state index contributed by atoms with van der Waals surface area (Å²) in [5.41, 5.74) is 2.68. The van der Waals surface area contributed by atoms with Gasteiger partial charge in [0, 0.05) is 6.54 Å². The Morgan fingerprint density at radius 2 is 2.13 bits per heavy atom. The van der Waals surface area contributed by atoms with E-state index in [9.17, 15) is 4.79 Å². The van der Waals surface area contributed by atoms with E-state index < -0.39 is 0 Å². The highest BCUT2D eigenvalue weighted by atomic mass is 35.5.